The van der Waals surface area contributed by atoms with Crippen LogP contribution in [0.15, 0.2) is 60.9 Å². The molecular weight excluding hydrogens is 697 g/mol. The molecule has 0 aromatic rings. The number of hydrogen-bond donors (Lipinski definition) is 2. The standard InChI is InChI=1S/C45H82NO7P/c1-3-5-7-9-11-13-15-17-19-20-21-22-23-24-25-26-28-30-32-34-36-38-45(47)53-44(43-52-54(48,49)51-41-39-46)42-50-40-37-35-33-31-29-27-18-16-14-12-10-8-6-4-2/h20-21,23-24,26,28,32,34,37,40,44H,3-19,22,25,27,29-31,33,35-36,38-39,41-43,46H2,1-2H3,(H,48,49). The third-order valence-electron chi connectivity index (χ3n) is 9.02. The topological polar surface area (TPSA) is 117 Å². The number of esters is 1. The summed E-state index contributed by atoms with van der Waals surface area (Å²) in [5.41, 5.74) is 5.35. The second-order valence-corrected chi connectivity index (χ2v) is 15.7. The second kappa shape index (κ2) is 42.2. The van der Waals surface area contributed by atoms with E-state index in [0.717, 1.165) is 32.1 Å². The quantitative estimate of drug-likeness (QED) is 0.0207. The third-order valence-corrected chi connectivity index (χ3v) is 10.00. The summed E-state index contributed by atoms with van der Waals surface area (Å²) in [5.74, 6) is -0.430. The molecule has 54 heavy (non-hydrogen) atoms. The third kappa shape index (κ3) is 41.2. The molecule has 0 aliphatic heterocycles. The van der Waals surface area contributed by atoms with Gasteiger partial charge >= 0.3 is 13.8 Å². The Hall–Kier alpha value is -1.96. The van der Waals surface area contributed by atoms with E-state index in [1.807, 2.05) is 18.2 Å². The van der Waals surface area contributed by atoms with E-state index in [9.17, 15) is 14.3 Å². The molecule has 0 saturated heterocycles. The molecule has 0 amide bonds. The van der Waals surface area contributed by atoms with Crippen LogP contribution in [0.3, 0.4) is 0 Å². The molecule has 8 nitrogen and oxygen atoms in total. The number of ether oxygens (including phenoxy) is 2. The molecule has 0 fully saturated rings. The number of allylic oxidation sites excluding steroid dienone is 9. The van der Waals surface area contributed by atoms with Crippen LogP contribution >= 0.6 is 7.82 Å². The van der Waals surface area contributed by atoms with Crippen molar-refractivity contribution in [3.63, 3.8) is 0 Å². The summed E-state index contributed by atoms with van der Waals surface area (Å²) in [6.07, 6.45) is 52.1. The van der Waals surface area contributed by atoms with Crippen molar-refractivity contribution in [3.8, 4) is 0 Å². The van der Waals surface area contributed by atoms with Crippen LogP contribution in [0, 0.1) is 0 Å². The number of carbonyl (C=O) groups is 1. The Bertz CT molecular complexity index is 1010. The highest BCUT2D eigenvalue weighted by Gasteiger charge is 2.25. The molecule has 9 heteroatoms. The first-order chi connectivity index (χ1) is 26.4. The minimum atomic E-state index is -4.31. The zero-order chi connectivity index (χ0) is 39.5. The highest BCUT2D eigenvalue weighted by Crippen LogP contribution is 2.43. The number of nitrogens with two attached hydrogens (primary N) is 1. The van der Waals surface area contributed by atoms with Crippen molar-refractivity contribution < 1.29 is 32.8 Å². The Kier molecular flexibility index (Phi) is 40.7. The van der Waals surface area contributed by atoms with Gasteiger partial charge in [0.25, 0.3) is 0 Å². The van der Waals surface area contributed by atoms with Crippen LogP contribution in [0.25, 0.3) is 0 Å². The van der Waals surface area contributed by atoms with E-state index < -0.39 is 19.9 Å². The van der Waals surface area contributed by atoms with Crippen LogP contribution in [-0.2, 0) is 27.9 Å². The fraction of sp³-hybridized carbons (Fsp3) is 0.756. The first kappa shape index (κ1) is 52.0. The zero-order valence-electron chi connectivity index (χ0n) is 34.7. The van der Waals surface area contributed by atoms with Gasteiger partial charge in [-0.15, -0.1) is 0 Å². The van der Waals surface area contributed by atoms with Gasteiger partial charge in [-0.1, -0.05) is 178 Å². The van der Waals surface area contributed by atoms with Crippen molar-refractivity contribution in [1.82, 2.24) is 0 Å². The van der Waals surface area contributed by atoms with Crippen molar-refractivity contribution >= 4 is 13.8 Å². The van der Waals surface area contributed by atoms with Gasteiger partial charge in [-0.3, -0.25) is 13.8 Å². The molecule has 3 N–H and O–H groups in total. The minimum absolute atomic E-state index is 0.00223. The van der Waals surface area contributed by atoms with Gasteiger partial charge in [0, 0.05) is 13.0 Å². The van der Waals surface area contributed by atoms with E-state index in [2.05, 4.69) is 50.3 Å². The van der Waals surface area contributed by atoms with Crippen molar-refractivity contribution in [2.24, 2.45) is 5.73 Å². The highest BCUT2D eigenvalue weighted by molar-refractivity contribution is 7.47. The zero-order valence-corrected chi connectivity index (χ0v) is 35.6. The van der Waals surface area contributed by atoms with Gasteiger partial charge in [-0.2, -0.15) is 0 Å². The van der Waals surface area contributed by atoms with Gasteiger partial charge in [-0.25, -0.2) is 4.57 Å². The van der Waals surface area contributed by atoms with Crippen LogP contribution in [-0.4, -0.2) is 43.3 Å². The average molecular weight is 780 g/mol. The van der Waals surface area contributed by atoms with Gasteiger partial charge < -0.3 is 20.1 Å². The summed E-state index contributed by atoms with van der Waals surface area (Å²) in [6.45, 7) is 4.16. The number of phosphoric acid groups is 1. The lowest BCUT2D eigenvalue weighted by molar-refractivity contribution is -0.153. The molecule has 0 spiro atoms. The number of carbonyl (C=O) groups excluding carboxylic acids is 1. The van der Waals surface area contributed by atoms with Crippen molar-refractivity contribution in [1.29, 1.82) is 0 Å². The Labute approximate surface area is 332 Å². The van der Waals surface area contributed by atoms with Crippen molar-refractivity contribution in [2.45, 2.75) is 193 Å². The smallest absolute Gasteiger partial charge is 0.472 e. The molecular formula is C45H82NO7P. The summed E-state index contributed by atoms with van der Waals surface area (Å²) in [7, 11) is -4.31. The van der Waals surface area contributed by atoms with Crippen LogP contribution in [0.1, 0.15) is 187 Å². The maximum Gasteiger partial charge on any atom is 0.472 e. The normalized spacial score (nSPS) is 14.0. The first-order valence-electron chi connectivity index (χ1n) is 21.8. The molecule has 0 radical (unpaired) electrons. The fourth-order valence-electron chi connectivity index (χ4n) is 5.79. The van der Waals surface area contributed by atoms with Crippen LogP contribution in [0.4, 0.5) is 0 Å². The fourth-order valence-corrected chi connectivity index (χ4v) is 6.56. The van der Waals surface area contributed by atoms with Crippen LogP contribution in [0.2, 0.25) is 0 Å². The van der Waals surface area contributed by atoms with E-state index in [-0.39, 0.29) is 32.8 Å². The van der Waals surface area contributed by atoms with E-state index in [0.29, 0.717) is 6.42 Å². The summed E-state index contributed by atoms with van der Waals surface area (Å²) in [4.78, 5) is 22.4. The number of rotatable bonds is 41. The Morgan fingerprint density at radius 2 is 1.00 bits per heavy atom. The number of hydrogen-bond acceptors (Lipinski definition) is 7. The number of phosphoric ester groups is 1. The Balaban J connectivity index is 4.20. The maximum absolute atomic E-state index is 12.5. The summed E-state index contributed by atoms with van der Waals surface area (Å²) >= 11 is 0. The Morgan fingerprint density at radius 3 is 1.48 bits per heavy atom. The van der Waals surface area contributed by atoms with Crippen molar-refractivity contribution in [3.05, 3.63) is 60.9 Å². The molecule has 0 aliphatic rings. The lowest BCUT2D eigenvalue weighted by Gasteiger charge is -2.19. The van der Waals surface area contributed by atoms with Gasteiger partial charge in [0.15, 0.2) is 6.10 Å². The highest BCUT2D eigenvalue weighted by atomic mass is 31.2. The predicted octanol–water partition coefficient (Wildman–Crippen LogP) is 13.3. The molecule has 0 bridgehead atoms. The first-order valence-corrected chi connectivity index (χ1v) is 23.3. The van der Waals surface area contributed by atoms with E-state index >= 15 is 0 Å². The van der Waals surface area contributed by atoms with Gasteiger partial charge in [0.05, 0.1) is 19.5 Å². The summed E-state index contributed by atoms with van der Waals surface area (Å²) < 4.78 is 33.1. The van der Waals surface area contributed by atoms with Gasteiger partial charge in [0.1, 0.15) is 6.61 Å². The monoisotopic (exact) mass is 780 g/mol. The number of unbranched alkanes of at least 4 members (excludes halogenated alkanes) is 20. The summed E-state index contributed by atoms with van der Waals surface area (Å²) in [5, 5.41) is 0. The maximum atomic E-state index is 12.5. The van der Waals surface area contributed by atoms with E-state index in [4.69, 9.17) is 24.3 Å². The molecule has 0 aromatic heterocycles. The molecule has 0 heterocycles. The van der Waals surface area contributed by atoms with Gasteiger partial charge in [0.2, 0.25) is 0 Å². The molecule has 314 valence electrons. The van der Waals surface area contributed by atoms with E-state index in [1.54, 1.807) is 6.26 Å². The molecule has 2 atom stereocenters. The lowest BCUT2D eigenvalue weighted by Crippen LogP contribution is -2.27. The Morgan fingerprint density at radius 1 is 0.574 bits per heavy atom. The molecule has 0 aromatic carbocycles. The largest absolute Gasteiger partial charge is 0.498 e. The molecule has 0 rings (SSSR count). The molecule has 2 unspecified atom stereocenters. The average Bonchev–Trinajstić information content (AvgIpc) is 3.16. The minimum Gasteiger partial charge on any atom is -0.498 e. The van der Waals surface area contributed by atoms with Crippen molar-refractivity contribution in [2.75, 3.05) is 26.4 Å². The predicted molar refractivity (Wildman–Crippen MR) is 228 cm³/mol. The lowest BCUT2D eigenvalue weighted by atomic mass is 10.0. The molecule has 0 aliphatic carbocycles. The summed E-state index contributed by atoms with van der Waals surface area (Å²) in [6, 6.07) is 0. The van der Waals surface area contributed by atoms with Gasteiger partial charge in [-0.05, 0) is 57.4 Å². The SMILES string of the molecule is CCCCCCCCCCC=CCC=CCC=CCC=CCCC(=O)OC(COC=CCCCCCCCCCCCCCC)COP(=O)(O)OCCN. The molecule has 0 saturated carbocycles. The van der Waals surface area contributed by atoms with E-state index in [1.165, 1.54) is 128 Å². The second-order valence-electron chi connectivity index (χ2n) is 14.3. The van der Waals surface area contributed by atoms with Crippen LogP contribution < -0.4 is 5.73 Å². The van der Waals surface area contributed by atoms with Crippen LogP contribution in [0.5, 0.6) is 0 Å².